The minimum atomic E-state index is -4.64. The SMILES string of the molecule is CCNc1cc(-c2cc(Cl)cc(Cl)c2)nc(C(F)(F)F)n1. The number of nitrogens with zero attached hydrogens (tertiary/aromatic N) is 2. The van der Waals surface area contributed by atoms with Crippen LogP contribution < -0.4 is 5.32 Å². The third kappa shape index (κ3) is 3.98. The second-order valence-electron chi connectivity index (χ2n) is 4.15. The fourth-order valence-electron chi connectivity index (χ4n) is 1.70. The van der Waals surface area contributed by atoms with Crippen molar-refractivity contribution in [1.82, 2.24) is 9.97 Å². The molecule has 0 bridgehead atoms. The van der Waals surface area contributed by atoms with E-state index in [-0.39, 0.29) is 11.5 Å². The lowest BCUT2D eigenvalue weighted by Gasteiger charge is -2.11. The van der Waals surface area contributed by atoms with Gasteiger partial charge in [-0.05, 0) is 25.1 Å². The minimum Gasteiger partial charge on any atom is -0.370 e. The molecule has 21 heavy (non-hydrogen) atoms. The van der Waals surface area contributed by atoms with Crippen LogP contribution in [0, 0.1) is 0 Å². The van der Waals surface area contributed by atoms with Crippen molar-refractivity contribution in [2.24, 2.45) is 0 Å². The van der Waals surface area contributed by atoms with Crippen molar-refractivity contribution in [2.75, 3.05) is 11.9 Å². The van der Waals surface area contributed by atoms with Gasteiger partial charge in [-0.2, -0.15) is 13.2 Å². The Kier molecular flexibility index (Phi) is 4.58. The van der Waals surface area contributed by atoms with E-state index in [1.807, 2.05) is 0 Å². The molecule has 112 valence electrons. The zero-order chi connectivity index (χ0) is 15.6. The molecule has 0 unspecified atom stereocenters. The Balaban J connectivity index is 2.59. The molecule has 2 aromatic rings. The van der Waals surface area contributed by atoms with Crippen molar-refractivity contribution >= 4 is 29.0 Å². The summed E-state index contributed by atoms with van der Waals surface area (Å²) in [6, 6.07) is 5.89. The van der Waals surface area contributed by atoms with Gasteiger partial charge in [0.15, 0.2) is 0 Å². The quantitative estimate of drug-likeness (QED) is 0.866. The molecule has 0 aliphatic heterocycles. The Bertz CT molecular complexity index is 639. The molecular formula is C13H10Cl2F3N3. The van der Waals surface area contributed by atoms with Crippen LogP contribution in [0.4, 0.5) is 19.0 Å². The van der Waals surface area contributed by atoms with Crippen LogP contribution >= 0.6 is 23.2 Å². The molecule has 0 saturated carbocycles. The van der Waals surface area contributed by atoms with Crippen molar-refractivity contribution in [2.45, 2.75) is 13.1 Å². The molecule has 0 atom stereocenters. The number of alkyl halides is 3. The first-order valence-electron chi connectivity index (χ1n) is 5.96. The van der Waals surface area contributed by atoms with E-state index in [2.05, 4.69) is 15.3 Å². The van der Waals surface area contributed by atoms with E-state index >= 15 is 0 Å². The van der Waals surface area contributed by atoms with Crippen molar-refractivity contribution in [3.8, 4) is 11.3 Å². The van der Waals surface area contributed by atoms with Crippen molar-refractivity contribution in [3.63, 3.8) is 0 Å². The van der Waals surface area contributed by atoms with Gasteiger partial charge in [-0.3, -0.25) is 0 Å². The first-order chi connectivity index (χ1) is 9.79. The first-order valence-corrected chi connectivity index (χ1v) is 6.72. The van der Waals surface area contributed by atoms with Crippen LogP contribution in [0.3, 0.4) is 0 Å². The van der Waals surface area contributed by atoms with Gasteiger partial charge in [-0.15, -0.1) is 0 Å². The maximum atomic E-state index is 12.9. The van der Waals surface area contributed by atoms with Crippen LogP contribution in [-0.4, -0.2) is 16.5 Å². The summed E-state index contributed by atoms with van der Waals surface area (Å²) in [5.74, 6) is -1.13. The Labute approximate surface area is 129 Å². The van der Waals surface area contributed by atoms with Gasteiger partial charge >= 0.3 is 6.18 Å². The van der Waals surface area contributed by atoms with Crippen molar-refractivity contribution in [1.29, 1.82) is 0 Å². The first kappa shape index (κ1) is 15.9. The maximum absolute atomic E-state index is 12.9. The van der Waals surface area contributed by atoms with Crippen LogP contribution in [0.15, 0.2) is 24.3 Å². The van der Waals surface area contributed by atoms with E-state index in [1.165, 1.54) is 24.3 Å². The Morgan fingerprint density at radius 3 is 2.19 bits per heavy atom. The van der Waals surface area contributed by atoms with E-state index < -0.39 is 12.0 Å². The molecule has 0 fully saturated rings. The molecule has 1 heterocycles. The van der Waals surface area contributed by atoms with E-state index in [9.17, 15) is 13.2 Å². The van der Waals surface area contributed by atoms with Gasteiger partial charge in [0.2, 0.25) is 5.82 Å². The molecular weight excluding hydrogens is 326 g/mol. The normalized spacial score (nSPS) is 11.5. The smallest absolute Gasteiger partial charge is 0.370 e. The van der Waals surface area contributed by atoms with Crippen LogP contribution in [0.2, 0.25) is 10.0 Å². The number of benzene rings is 1. The molecule has 1 aromatic heterocycles. The minimum absolute atomic E-state index is 0.0888. The van der Waals surface area contributed by atoms with E-state index in [1.54, 1.807) is 6.92 Å². The van der Waals surface area contributed by atoms with Gasteiger partial charge in [-0.25, -0.2) is 9.97 Å². The number of hydrogen-bond donors (Lipinski definition) is 1. The van der Waals surface area contributed by atoms with Gasteiger partial charge in [0, 0.05) is 28.2 Å². The number of anilines is 1. The van der Waals surface area contributed by atoms with E-state index in [0.717, 1.165) is 0 Å². The average molecular weight is 336 g/mol. The number of nitrogens with one attached hydrogen (secondary N) is 1. The molecule has 1 aromatic carbocycles. The molecule has 8 heteroatoms. The van der Waals surface area contributed by atoms with Gasteiger partial charge in [0.05, 0.1) is 5.69 Å². The highest BCUT2D eigenvalue weighted by molar-refractivity contribution is 6.35. The number of hydrogen-bond acceptors (Lipinski definition) is 3. The third-order valence-corrected chi connectivity index (χ3v) is 2.93. The Morgan fingerprint density at radius 1 is 1.05 bits per heavy atom. The summed E-state index contributed by atoms with van der Waals surface area (Å²) >= 11 is 11.7. The predicted octanol–water partition coefficient (Wildman–Crippen LogP) is 4.90. The topological polar surface area (TPSA) is 37.8 Å². The zero-order valence-electron chi connectivity index (χ0n) is 10.8. The lowest BCUT2D eigenvalue weighted by atomic mass is 10.1. The van der Waals surface area contributed by atoms with Crippen LogP contribution in [0.5, 0.6) is 0 Å². The molecule has 2 rings (SSSR count). The molecule has 1 N–H and O–H groups in total. The average Bonchev–Trinajstić information content (AvgIpc) is 2.36. The highest BCUT2D eigenvalue weighted by atomic mass is 35.5. The standard InChI is InChI=1S/C13H10Cl2F3N3/c1-2-19-11-6-10(20-12(21-11)13(16,17)18)7-3-8(14)5-9(15)4-7/h3-6H,2H2,1H3,(H,19,20,21). The lowest BCUT2D eigenvalue weighted by molar-refractivity contribution is -0.144. The number of rotatable bonds is 3. The monoisotopic (exact) mass is 335 g/mol. The summed E-state index contributed by atoms with van der Waals surface area (Å²) in [5, 5.41) is 3.37. The fourth-order valence-corrected chi connectivity index (χ4v) is 2.22. The molecule has 0 amide bonds. The summed E-state index contributed by atoms with van der Waals surface area (Å²) in [7, 11) is 0. The highest BCUT2D eigenvalue weighted by Crippen LogP contribution is 2.31. The molecule has 0 spiro atoms. The van der Waals surface area contributed by atoms with E-state index in [4.69, 9.17) is 23.2 Å². The van der Waals surface area contributed by atoms with Gasteiger partial charge in [0.1, 0.15) is 5.82 Å². The van der Waals surface area contributed by atoms with Crippen molar-refractivity contribution < 1.29 is 13.2 Å². The summed E-state index contributed by atoms with van der Waals surface area (Å²) in [5.41, 5.74) is 0.484. The largest absolute Gasteiger partial charge is 0.451 e. The Hall–Kier alpha value is -1.53. The Morgan fingerprint density at radius 2 is 1.67 bits per heavy atom. The molecule has 0 aliphatic rings. The maximum Gasteiger partial charge on any atom is 0.451 e. The second-order valence-corrected chi connectivity index (χ2v) is 5.02. The zero-order valence-corrected chi connectivity index (χ0v) is 12.3. The number of halogens is 5. The van der Waals surface area contributed by atoms with Crippen LogP contribution in [0.1, 0.15) is 12.7 Å². The van der Waals surface area contributed by atoms with Gasteiger partial charge in [0.25, 0.3) is 0 Å². The molecule has 0 radical (unpaired) electrons. The summed E-state index contributed by atoms with van der Waals surface area (Å²) in [6.07, 6.45) is -4.64. The van der Waals surface area contributed by atoms with Crippen LogP contribution in [-0.2, 0) is 6.18 Å². The summed E-state index contributed by atoms with van der Waals surface area (Å²) in [6.45, 7) is 2.19. The predicted molar refractivity (Wildman–Crippen MR) is 76.7 cm³/mol. The van der Waals surface area contributed by atoms with E-state index in [0.29, 0.717) is 22.2 Å². The van der Waals surface area contributed by atoms with Crippen LogP contribution in [0.25, 0.3) is 11.3 Å². The highest BCUT2D eigenvalue weighted by Gasteiger charge is 2.35. The van der Waals surface area contributed by atoms with Gasteiger partial charge < -0.3 is 5.32 Å². The third-order valence-electron chi connectivity index (χ3n) is 2.50. The summed E-state index contributed by atoms with van der Waals surface area (Å²) in [4.78, 5) is 7.00. The number of aromatic nitrogens is 2. The lowest BCUT2D eigenvalue weighted by Crippen LogP contribution is -2.13. The second kappa shape index (κ2) is 6.07. The molecule has 0 aliphatic carbocycles. The fraction of sp³-hybridized carbons (Fsp3) is 0.231. The molecule has 0 saturated heterocycles. The van der Waals surface area contributed by atoms with Gasteiger partial charge in [-0.1, -0.05) is 23.2 Å². The molecule has 3 nitrogen and oxygen atoms in total. The summed E-state index contributed by atoms with van der Waals surface area (Å²) < 4.78 is 38.6. The van der Waals surface area contributed by atoms with Crippen molar-refractivity contribution in [3.05, 3.63) is 40.1 Å².